The van der Waals surface area contributed by atoms with Crippen molar-refractivity contribution in [3.05, 3.63) is 63.2 Å². The van der Waals surface area contributed by atoms with Gasteiger partial charge in [-0.3, -0.25) is 9.59 Å². The summed E-state index contributed by atoms with van der Waals surface area (Å²) in [6.07, 6.45) is 0.963. The molecule has 0 unspecified atom stereocenters. The van der Waals surface area contributed by atoms with Crippen molar-refractivity contribution in [2.24, 2.45) is 0 Å². The zero-order chi connectivity index (χ0) is 18.0. The number of amides is 1. The molecule has 0 radical (unpaired) electrons. The maximum absolute atomic E-state index is 12.1. The van der Waals surface area contributed by atoms with Crippen LogP contribution >= 0.6 is 0 Å². The molecule has 2 aromatic heterocycles. The summed E-state index contributed by atoms with van der Waals surface area (Å²) in [7, 11) is 0. The maximum atomic E-state index is 12.1. The monoisotopic (exact) mass is 338 g/mol. The topological polar surface area (TPSA) is 79.8 Å². The van der Waals surface area contributed by atoms with Crippen LogP contribution in [0.2, 0.25) is 0 Å². The number of aryl methyl sites for hydroxylation is 3. The molecule has 0 aliphatic carbocycles. The van der Waals surface area contributed by atoms with Gasteiger partial charge in [0, 0.05) is 29.2 Å². The Kier molecular flexibility index (Phi) is 4.70. The first-order chi connectivity index (χ1) is 12.0. The van der Waals surface area contributed by atoms with E-state index >= 15 is 0 Å². The quantitative estimate of drug-likeness (QED) is 0.748. The van der Waals surface area contributed by atoms with Crippen molar-refractivity contribution >= 4 is 16.8 Å². The molecule has 130 valence electrons. The van der Waals surface area contributed by atoms with Gasteiger partial charge in [0.25, 0.3) is 5.56 Å². The summed E-state index contributed by atoms with van der Waals surface area (Å²) in [6, 6.07) is 9.18. The third-order valence-electron chi connectivity index (χ3n) is 4.36. The number of carbonyl (C=O) groups is 1. The Hall–Kier alpha value is -2.89. The molecule has 1 amide bonds. The lowest BCUT2D eigenvalue weighted by atomic mass is 10.1. The lowest BCUT2D eigenvalue weighted by Gasteiger charge is -2.07. The largest absolute Gasteiger partial charge is 0.358 e. The highest BCUT2D eigenvalue weighted by Gasteiger charge is 2.09. The smallest absolute Gasteiger partial charge is 0.267 e. The van der Waals surface area contributed by atoms with Crippen LogP contribution in [0.4, 0.5) is 0 Å². The van der Waals surface area contributed by atoms with Crippen molar-refractivity contribution in [1.82, 2.24) is 20.1 Å². The summed E-state index contributed by atoms with van der Waals surface area (Å²) in [4.78, 5) is 27.2. The third-order valence-corrected chi connectivity index (χ3v) is 4.36. The van der Waals surface area contributed by atoms with E-state index in [9.17, 15) is 9.59 Å². The Morgan fingerprint density at radius 1 is 1.24 bits per heavy atom. The fourth-order valence-electron chi connectivity index (χ4n) is 2.95. The number of H-pyrrole nitrogens is 1. The molecule has 0 fully saturated rings. The summed E-state index contributed by atoms with van der Waals surface area (Å²) in [5.41, 5.74) is 5.04. The van der Waals surface area contributed by atoms with E-state index in [1.165, 1.54) is 27.4 Å². The van der Waals surface area contributed by atoms with Crippen molar-refractivity contribution < 1.29 is 4.79 Å². The molecule has 6 heteroatoms. The van der Waals surface area contributed by atoms with E-state index in [4.69, 9.17) is 0 Å². The molecule has 25 heavy (non-hydrogen) atoms. The Morgan fingerprint density at radius 2 is 2.04 bits per heavy atom. The number of fused-ring (bicyclic) bond motifs is 1. The van der Waals surface area contributed by atoms with Crippen LogP contribution in [-0.2, 0) is 24.3 Å². The minimum absolute atomic E-state index is 0.0775. The van der Waals surface area contributed by atoms with Crippen molar-refractivity contribution in [3.63, 3.8) is 0 Å². The normalized spacial score (nSPS) is 11.0. The number of aromatic amines is 1. The van der Waals surface area contributed by atoms with Gasteiger partial charge in [0.1, 0.15) is 6.54 Å². The molecule has 2 heterocycles. The molecule has 0 bridgehead atoms. The van der Waals surface area contributed by atoms with E-state index < -0.39 is 0 Å². The Labute approximate surface area is 145 Å². The van der Waals surface area contributed by atoms with Crippen molar-refractivity contribution in [3.8, 4) is 0 Å². The molecule has 0 spiro atoms. The van der Waals surface area contributed by atoms with Crippen molar-refractivity contribution in [2.45, 2.75) is 40.3 Å². The zero-order valence-electron chi connectivity index (χ0n) is 14.7. The molecule has 0 aliphatic rings. The minimum Gasteiger partial charge on any atom is -0.358 e. The van der Waals surface area contributed by atoms with E-state index in [1.54, 1.807) is 13.0 Å². The predicted octanol–water partition coefficient (Wildman–Crippen LogP) is 2.22. The average Bonchev–Trinajstić information content (AvgIpc) is 2.92. The van der Waals surface area contributed by atoms with Crippen LogP contribution in [0.15, 0.2) is 35.1 Å². The Morgan fingerprint density at radius 3 is 2.80 bits per heavy atom. The molecular formula is C19H22N4O2. The number of carbonyl (C=O) groups excluding carboxylic acids is 1. The number of nitrogens with one attached hydrogen (secondary N) is 2. The van der Waals surface area contributed by atoms with Gasteiger partial charge in [-0.25, -0.2) is 4.68 Å². The number of benzene rings is 1. The fraction of sp³-hybridized carbons (Fsp3) is 0.316. The SMILES string of the molecule is CCc1[nH]c2ccc(CNC(=O)Cn3nc(C)ccc3=O)cc2c1C. The molecule has 3 aromatic rings. The number of nitrogens with zero attached hydrogens (tertiary/aromatic N) is 2. The summed E-state index contributed by atoms with van der Waals surface area (Å²) >= 11 is 0. The second kappa shape index (κ2) is 6.93. The number of hydrogen-bond donors (Lipinski definition) is 2. The number of rotatable bonds is 5. The molecular weight excluding hydrogens is 316 g/mol. The summed E-state index contributed by atoms with van der Waals surface area (Å²) < 4.78 is 1.18. The van der Waals surface area contributed by atoms with Crippen LogP contribution in [0.3, 0.4) is 0 Å². The highest BCUT2D eigenvalue weighted by atomic mass is 16.2. The second-order valence-corrected chi connectivity index (χ2v) is 6.21. The molecule has 0 atom stereocenters. The zero-order valence-corrected chi connectivity index (χ0v) is 14.7. The van der Waals surface area contributed by atoms with Gasteiger partial charge in [-0.1, -0.05) is 13.0 Å². The van der Waals surface area contributed by atoms with Gasteiger partial charge in [-0.15, -0.1) is 0 Å². The van der Waals surface area contributed by atoms with Gasteiger partial charge < -0.3 is 10.3 Å². The Bertz CT molecular complexity index is 985. The first kappa shape index (κ1) is 17.0. The predicted molar refractivity (Wildman–Crippen MR) is 97.5 cm³/mol. The van der Waals surface area contributed by atoms with Crippen molar-refractivity contribution in [2.75, 3.05) is 0 Å². The molecule has 6 nitrogen and oxygen atoms in total. The molecule has 0 saturated heterocycles. The number of aromatic nitrogens is 3. The van der Waals surface area contributed by atoms with Gasteiger partial charge in [-0.05, 0) is 49.6 Å². The van der Waals surface area contributed by atoms with Crippen LogP contribution in [0.25, 0.3) is 10.9 Å². The standard InChI is InChI=1S/C19H22N4O2/c1-4-16-13(3)15-9-14(6-7-17(15)21-16)10-20-18(24)11-23-19(25)8-5-12(2)22-23/h5-9,21H,4,10-11H2,1-3H3,(H,20,24). The maximum Gasteiger partial charge on any atom is 0.267 e. The Balaban J connectivity index is 1.69. The fourth-order valence-corrected chi connectivity index (χ4v) is 2.95. The lowest BCUT2D eigenvalue weighted by Crippen LogP contribution is -2.33. The van der Waals surface area contributed by atoms with Gasteiger partial charge in [-0.2, -0.15) is 5.10 Å². The summed E-state index contributed by atoms with van der Waals surface area (Å²) in [5, 5.41) is 8.10. The highest BCUT2D eigenvalue weighted by Crippen LogP contribution is 2.23. The second-order valence-electron chi connectivity index (χ2n) is 6.21. The highest BCUT2D eigenvalue weighted by molar-refractivity contribution is 5.85. The molecule has 0 saturated carbocycles. The van der Waals surface area contributed by atoms with Gasteiger partial charge in [0.05, 0.1) is 5.69 Å². The minimum atomic E-state index is -0.280. The van der Waals surface area contributed by atoms with Crippen molar-refractivity contribution in [1.29, 1.82) is 0 Å². The van der Waals surface area contributed by atoms with Gasteiger partial charge >= 0.3 is 0 Å². The van der Waals surface area contributed by atoms with E-state index in [0.29, 0.717) is 12.2 Å². The van der Waals surface area contributed by atoms with E-state index in [1.807, 2.05) is 12.1 Å². The molecule has 1 aromatic carbocycles. The summed E-state index contributed by atoms with van der Waals surface area (Å²) in [6.45, 7) is 6.36. The van der Waals surface area contributed by atoms with Crippen LogP contribution in [-0.4, -0.2) is 20.7 Å². The third kappa shape index (κ3) is 3.63. The van der Waals surface area contributed by atoms with Crippen LogP contribution in [0.5, 0.6) is 0 Å². The van der Waals surface area contributed by atoms with E-state index in [0.717, 1.165) is 17.5 Å². The van der Waals surface area contributed by atoms with E-state index in [-0.39, 0.29) is 18.0 Å². The van der Waals surface area contributed by atoms with Crippen LogP contribution in [0, 0.1) is 13.8 Å². The van der Waals surface area contributed by atoms with Gasteiger partial charge in [0.2, 0.25) is 5.91 Å². The van der Waals surface area contributed by atoms with Crippen LogP contribution < -0.4 is 10.9 Å². The lowest BCUT2D eigenvalue weighted by molar-refractivity contribution is -0.122. The molecule has 0 aliphatic heterocycles. The summed E-state index contributed by atoms with van der Waals surface area (Å²) in [5.74, 6) is -0.236. The first-order valence-electron chi connectivity index (χ1n) is 8.39. The van der Waals surface area contributed by atoms with E-state index in [2.05, 4.69) is 35.3 Å². The molecule has 3 rings (SSSR count). The van der Waals surface area contributed by atoms with Gasteiger partial charge in [0.15, 0.2) is 0 Å². The first-order valence-corrected chi connectivity index (χ1v) is 8.39. The average molecular weight is 338 g/mol. The molecule has 2 N–H and O–H groups in total. The number of hydrogen-bond acceptors (Lipinski definition) is 3. The van der Waals surface area contributed by atoms with Crippen LogP contribution in [0.1, 0.15) is 29.4 Å².